The van der Waals surface area contributed by atoms with Crippen molar-refractivity contribution in [2.45, 2.75) is 32.7 Å². The second-order valence-electron chi connectivity index (χ2n) is 8.31. The van der Waals surface area contributed by atoms with Gasteiger partial charge in [0.15, 0.2) is 0 Å². The number of para-hydroxylation sites is 1. The number of H-pyrrole nitrogens is 1. The molecule has 0 spiro atoms. The minimum absolute atomic E-state index is 0.0347. The van der Waals surface area contributed by atoms with Crippen molar-refractivity contribution < 1.29 is 4.79 Å². The zero-order valence-electron chi connectivity index (χ0n) is 15.9. The smallest absolute Gasteiger partial charge is 0.266 e. The number of likely N-dealkylation sites (tertiary alicyclic amines) is 1. The molecule has 0 aliphatic carbocycles. The first kappa shape index (κ1) is 17.5. The molecule has 4 rings (SSSR count). The molecule has 1 aromatic carbocycles. The lowest BCUT2D eigenvalue weighted by molar-refractivity contribution is 0.0459. The number of nitrogens with one attached hydrogen (secondary N) is 1. The van der Waals surface area contributed by atoms with Gasteiger partial charge in [-0.2, -0.15) is 5.10 Å². The molecule has 6 nitrogen and oxygen atoms in total. The number of rotatable bonds is 3. The van der Waals surface area contributed by atoms with Crippen molar-refractivity contribution in [3.05, 3.63) is 64.2 Å². The molecule has 140 valence electrons. The van der Waals surface area contributed by atoms with Gasteiger partial charge in [-0.1, -0.05) is 39.0 Å². The average Bonchev–Trinajstić information content (AvgIpc) is 3.01. The number of nitrogens with zero attached hydrogens (tertiary/aromatic N) is 3. The number of hydrogen-bond acceptors (Lipinski definition) is 3. The molecule has 1 N–H and O–H groups in total. The van der Waals surface area contributed by atoms with Gasteiger partial charge in [0.1, 0.15) is 0 Å². The summed E-state index contributed by atoms with van der Waals surface area (Å²) >= 11 is 0. The minimum atomic E-state index is -0.105. The molecule has 1 aliphatic heterocycles. The largest absolute Gasteiger partial charge is 0.360 e. The quantitative estimate of drug-likeness (QED) is 0.777. The molecule has 0 unspecified atom stereocenters. The van der Waals surface area contributed by atoms with Crippen molar-refractivity contribution in [1.82, 2.24) is 19.7 Å². The van der Waals surface area contributed by atoms with Crippen LogP contribution >= 0.6 is 0 Å². The monoisotopic (exact) mass is 364 g/mol. The van der Waals surface area contributed by atoms with Gasteiger partial charge in [0, 0.05) is 47.6 Å². The molecule has 1 saturated heterocycles. The van der Waals surface area contributed by atoms with Gasteiger partial charge in [-0.3, -0.25) is 9.59 Å². The van der Waals surface area contributed by atoms with E-state index in [1.54, 1.807) is 23.0 Å². The van der Waals surface area contributed by atoms with E-state index < -0.39 is 0 Å². The Morgan fingerprint density at radius 1 is 1.19 bits per heavy atom. The molecule has 1 fully saturated rings. The summed E-state index contributed by atoms with van der Waals surface area (Å²) in [4.78, 5) is 29.9. The molecule has 2 aromatic heterocycles. The highest BCUT2D eigenvalue weighted by Gasteiger charge is 2.33. The Labute approximate surface area is 157 Å². The van der Waals surface area contributed by atoms with Crippen LogP contribution in [0.4, 0.5) is 0 Å². The van der Waals surface area contributed by atoms with Gasteiger partial charge in [0.25, 0.3) is 11.5 Å². The first-order chi connectivity index (χ1) is 12.8. The zero-order chi connectivity index (χ0) is 19.2. The number of hydrogen-bond donors (Lipinski definition) is 1. The van der Waals surface area contributed by atoms with E-state index in [0.29, 0.717) is 25.2 Å². The van der Waals surface area contributed by atoms with Gasteiger partial charge in [-0.15, -0.1) is 0 Å². The van der Waals surface area contributed by atoms with Gasteiger partial charge >= 0.3 is 0 Å². The van der Waals surface area contributed by atoms with E-state index in [2.05, 4.69) is 30.9 Å². The SMILES string of the molecule is CC(C)(C)c1ccc(=O)n(CC2CN(C(=O)c3c[nH]c4ccccc34)C2)n1. The van der Waals surface area contributed by atoms with Crippen molar-refractivity contribution in [1.29, 1.82) is 0 Å². The molecule has 3 aromatic rings. The molecule has 27 heavy (non-hydrogen) atoms. The van der Waals surface area contributed by atoms with Crippen LogP contribution in [0.15, 0.2) is 47.4 Å². The Kier molecular flexibility index (Phi) is 4.13. The number of carbonyl (C=O) groups excluding carboxylic acids is 1. The molecular weight excluding hydrogens is 340 g/mol. The van der Waals surface area contributed by atoms with Gasteiger partial charge in [0.05, 0.1) is 17.8 Å². The number of fused-ring (bicyclic) bond motifs is 1. The standard InChI is InChI=1S/C21H24N4O2/c1-21(2,3)18-8-9-19(26)25(23-18)13-14-11-24(12-14)20(27)16-10-22-17-7-5-4-6-15(16)17/h4-10,14,22H,11-13H2,1-3H3. The lowest BCUT2D eigenvalue weighted by Gasteiger charge is -2.39. The molecule has 1 aliphatic rings. The predicted molar refractivity (Wildman–Crippen MR) is 105 cm³/mol. The van der Waals surface area contributed by atoms with E-state index in [0.717, 1.165) is 16.6 Å². The summed E-state index contributed by atoms with van der Waals surface area (Å²) in [5, 5.41) is 5.47. The third-order valence-corrected chi connectivity index (χ3v) is 5.13. The molecule has 0 radical (unpaired) electrons. The summed E-state index contributed by atoms with van der Waals surface area (Å²) in [7, 11) is 0. The van der Waals surface area contributed by atoms with Gasteiger partial charge in [-0.05, 0) is 12.1 Å². The molecule has 0 atom stereocenters. The fourth-order valence-corrected chi connectivity index (χ4v) is 3.49. The van der Waals surface area contributed by atoms with E-state index in [1.807, 2.05) is 29.2 Å². The Bertz CT molecular complexity index is 1050. The number of aromatic nitrogens is 3. The first-order valence-electron chi connectivity index (χ1n) is 9.27. The van der Waals surface area contributed by atoms with Gasteiger partial charge < -0.3 is 9.88 Å². The Morgan fingerprint density at radius 2 is 1.93 bits per heavy atom. The Morgan fingerprint density at radius 3 is 2.67 bits per heavy atom. The molecule has 3 heterocycles. The molecule has 1 amide bonds. The Balaban J connectivity index is 1.44. The molecule has 0 bridgehead atoms. The van der Waals surface area contributed by atoms with E-state index in [1.165, 1.54) is 0 Å². The number of carbonyl (C=O) groups is 1. The van der Waals surface area contributed by atoms with E-state index in [-0.39, 0.29) is 22.8 Å². The van der Waals surface area contributed by atoms with Crippen LogP contribution in [0.3, 0.4) is 0 Å². The lowest BCUT2D eigenvalue weighted by atomic mass is 9.92. The maximum Gasteiger partial charge on any atom is 0.266 e. The van der Waals surface area contributed by atoms with Crippen molar-refractivity contribution in [2.75, 3.05) is 13.1 Å². The van der Waals surface area contributed by atoms with Crippen LogP contribution in [0.25, 0.3) is 10.9 Å². The minimum Gasteiger partial charge on any atom is -0.360 e. The van der Waals surface area contributed by atoms with E-state index >= 15 is 0 Å². The maximum absolute atomic E-state index is 12.8. The highest BCUT2D eigenvalue weighted by Crippen LogP contribution is 2.25. The molecule has 6 heteroatoms. The van der Waals surface area contributed by atoms with Crippen molar-refractivity contribution in [3.8, 4) is 0 Å². The van der Waals surface area contributed by atoms with Gasteiger partial charge in [-0.25, -0.2) is 4.68 Å². The second kappa shape index (κ2) is 6.37. The number of benzene rings is 1. The average molecular weight is 364 g/mol. The summed E-state index contributed by atoms with van der Waals surface area (Å²) in [5.41, 5.74) is 2.37. The number of aromatic amines is 1. The van der Waals surface area contributed by atoms with Crippen molar-refractivity contribution in [3.63, 3.8) is 0 Å². The fraction of sp³-hybridized carbons (Fsp3) is 0.381. The predicted octanol–water partition coefficient (Wildman–Crippen LogP) is 2.79. The van der Waals surface area contributed by atoms with Crippen LogP contribution in [0.5, 0.6) is 0 Å². The fourth-order valence-electron chi connectivity index (χ4n) is 3.49. The zero-order valence-corrected chi connectivity index (χ0v) is 15.9. The van der Waals surface area contributed by atoms with Crippen molar-refractivity contribution >= 4 is 16.8 Å². The first-order valence-corrected chi connectivity index (χ1v) is 9.27. The topological polar surface area (TPSA) is 71.0 Å². The summed E-state index contributed by atoms with van der Waals surface area (Å²) in [6.07, 6.45) is 1.78. The summed E-state index contributed by atoms with van der Waals surface area (Å²) < 4.78 is 1.54. The van der Waals surface area contributed by atoms with Gasteiger partial charge in [0.2, 0.25) is 0 Å². The maximum atomic E-state index is 12.8. The highest BCUT2D eigenvalue weighted by molar-refractivity contribution is 6.06. The number of amides is 1. The summed E-state index contributed by atoms with van der Waals surface area (Å²) in [5.74, 6) is 0.284. The molecule has 0 saturated carbocycles. The van der Waals surface area contributed by atoms with Crippen LogP contribution in [0, 0.1) is 5.92 Å². The normalized spacial score (nSPS) is 15.1. The Hall–Kier alpha value is -2.89. The van der Waals surface area contributed by atoms with Crippen LogP contribution < -0.4 is 5.56 Å². The van der Waals surface area contributed by atoms with E-state index in [9.17, 15) is 9.59 Å². The van der Waals surface area contributed by atoms with Crippen LogP contribution in [-0.2, 0) is 12.0 Å². The van der Waals surface area contributed by atoms with Crippen molar-refractivity contribution in [2.24, 2.45) is 5.92 Å². The lowest BCUT2D eigenvalue weighted by Crippen LogP contribution is -2.52. The second-order valence-corrected chi connectivity index (χ2v) is 8.31. The highest BCUT2D eigenvalue weighted by atomic mass is 16.2. The van der Waals surface area contributed by atoms with Crippen LogP contribution in [0.1, 0.15) is 36.8 Å². The van der Waals surface area contributed by atoms with Crippen LogP contribution in [-0.4, -0.2) is 38.7 Å². The third kappa shape index (κ3) is 3.27. The summed E-state index contributed by atoms with van der Waals surface area (Å²) in [6, 6.07) is 11.2. The van der Waals surface area contributed by atoms with E-state index in [4.69, 9.17) is 0 Å². The molecular formula is C21H24N4O2. The summed E-state index contributed by atoms with van der Waals surface area (Å²) in [6.45, 7) is 8.07. The third-order valence-electron chi connectivity index (χ3n) is 5.13. The van der Waals surface area contributed by atoms with Crippen LogP contribution in [0.2, 0.25) is 0 Å².